The Labute approximate surface area is 139 Å². The van der Waals surface area contributed by atoms with Crippen molar-refractivity contribution in [1.82, 2.24) is 9.97 Å². The van der Waals surface area contributed by atoms with Crippen LogP contribution in [0.3, 0.4) is 0 Å². The van der Waals surface area contributed by atoms with E-state index in [0.29, 0.717) is 5.82 Å². The normalized spacial score (nSPS) is 13.7. The summed E-state index contributed by atoms with van der Waals surface area (Å²) in [4.78, 5) is 8.76. The first-order valence-electron chi connectivity index (χ1n) is 8.07. The smallest absolute Gasteiger partial charge is 0.140 e. The van der Waals surface area contributed by atoms with Crippen LogP contribution in [-0.4, -0.2) is 16.2 Å². The fraction of sp³-hybridized carbons (Fsp3) is 0.450. The van der Waals surface area contributed by atoms with E-state index in [9.17, 15) is 0 Å². The summed E-state index contributed by atoms with van der Waals surface area (Å²) in [7, 11) is 0. The van der Waals surface area contributed by atoms with Crippen LogP contribution >= 0.6 is 0 Å². The lowest BCUT2D eigenvalue weighted by Crippen LogP contribution is -2.20. The molecule has 0 amide bonds. The Hall–Kier alpha value is -2.03. The van der Waals surface area contributed by atoms with Gasteiger partial charge in [0.05, 0.1) is 5.92 Å². The number of nitrogens with zero attached hydrogens (tertiary/aromatic N) is 2. The number of benzene rings is 1. The summed E-state index contributed by atoms with van der Waals surface area (Å²) in [5, 5.41) is 7.96. The SMILES string of the molecule is CC(C)(C)c1ccc(C(C)(C)C)c(C(C=N)c2ncccn2)c1. The molecule has 1 heterocycles. The van der Waals surface area contributed by atoms with Crippen molar-refractivity contribution >= 4 is 6.21 Å². The van der Waals surface area contributed by atoms with Crippen molar-refractivity contribution in [2.45, 2.75) is 58.3 Å². The second-order valence-electron chi connectivity index (χ2n) is 8.05. The summed E-state index contributed by atoms with van der Waals surface area (Å²) < 4.78 is 0. The topological polar surface area (TPSA) is 49.6 Å². The van der Waals surface area contributed by atoms with Crippen LogP contribution in [0, 0.1) is 5.41 Å². The fourth-order valence-electron chi connectivity index (χ4n) is 2.74. The molecule has 0 spiro atoms. The van der Waals surface area contributed by atoms with Gasteiger partial charge in [0.1, 0.15) is 5.82 Å². The molecule has 0 fully saturated rings. The number of nitrogens with one attached hydrogen (secondary N) is 1. The van der Waals surface area contributed by atoms with E-state index in [1.807, 2.05) is 0 Å². The molecule has 3 heteroatoms. The summed E-state index contributed by atoms with van der Waals surface area (Å²) in [6.07, 6.45) is 4.93. The second-order valence-corrected chi connectivity index (χ2v) is 8.05. The predicted molar refractivity (Wildman–Crippen MR) is 96.5 cm³/mol. The fourth-order valence-corrected chi connectivity index (χ4v) is 2.74. The van der Waals surface area contributed by atoms with E-state index in [-0.39, 0.29) is 16.7 Å². The zero-order valence-corrected chi connectivity index (χ0v) is 15.0. The maximum Gasteiger partial charge on any atom is 0.140 e. The first-order valence-corrected chi connectivity index (χ1v) is 8.07. The number of hydrogen-bond donors (Lipinski definition) is 1. The molecule has 0 saturated carbocycles. The Morgan fingerprint density at radius 1 is 0.957 bits per heavy atom. The largest absolute Gasteiger partial charge is 0.312 e. The van der Waals surface area contributed by atoms with Crippen LogP contribution < -0.4 is 0 Å². The third-order valence-electron chi connectivity index (χ3n) is 4.09. The molecule has 23 heavy (non-hydrogen) atoms. The Bertz CT molecular complexity index is 676. The van der Waals surface area contributed by atoms with Crippen LogP contribution in [0.5, 0.6) is 0 Å². The minimum atomic E-state index is -0.215. The maximum atomic E-state index is 7.96. The standard InChI is InChI=1S/C20H27N3/c1-19(2,3)14-8-9-17(20(4,5)6)15(12-14)16(13-21)18-22-10-7-11-23-18/h7-13,16,21H,1-6H3. The Balaban J connectivity index is 2.68. The molecule has 0 aliphatic heterocycles. The van der Waals surface area contributed by atoms with Crippen molar-refractivity contribution in [3.05, 3.63) is 59.2 Å². The molecular weight excluding hydrogens is 282 g/mol. The minimum absolute atomic E-state index is 0.00177. The molecule has 1 N–H and O–H groups in total. The highest BCUT2D eigenvalue weighted by molar-refractivity contribution is 5.70. The van der Waals surface area contributed by atoms with Crippen LogP contribution in [0.2, 0.25) is 0 Å². The summed E-state index contributed by atoms with van der Waals surface area (Å²) in [5.74, 6) is 0.465. The average Bonchev–Trinajstić information content (AvgIpc) is 2.47. The summed E-state index contributed by atoms with van der Waals surface area (Å²) in [5.41, 5.74) is 3.71. The van der Waals surface area contributed by atoms with Crippen LogP contribution in [0.4, 0.5) is 0 Å². The molecule has 3 nitrogen and oxygen atoms in total. The van der Waals surface area contributed by atoms with E-state index in [4.69, 9.17) is 5.41 Å². The lowest BCUT2D eigenvalue weighted by atomic mass is 9.76. The van der Waals surface area contributed by atoms with Gasteiger partial charge >= 0.3 is 0 Å². The van der Waals surface area contributed by atoms with Gasteiger partial charge in [0.15, 0.2) is 0 Å². The molecule has 1 aromatic heterocycles. The van der Waals surface area contributed by atoms with Crippen molar-refractivity contribution in [2.75, 3.05) is 0 Å². The Morgan fingerprint density at radius 2 is 1.57 bits per heavy atom. The van der Waals surface area contributed by atoms with Crippen molar-refractivity contribution in [1.29, 1.82) is 5.41 Å². The quantitative estimate of drug-likeness (QED) is 0.824. The van der Waals surface area contributed by atoms with E-state index in [2.05, 4.69) is 69.7 Å². The first kappa shape index (κ1) is 17.3. The molecule has 0 aliphatic rings. The molecule has 2 rings (SSSR count). The van der Waals surface area contributed by atoms with Crippen molar-refractivity contribution in [2.24, 2.45) is 0 Å². The maximum absolute atomic E-state index is 7.96. The highest BCUT2D eigenvalue weighted by Crippen LogP contribution is 2.35. The van der Waals surface area contributed by atoms with Gasteiger partial charge in [0.25, 0.3) is 0 Å². The second kappa shape index (κ2) is 6.23. The molecular formula is C20H27N3. The number of rotatable bonds is 3. The molecule has 122 valence electrons. The van der Waals surface area contributed by atoms with E-state index >= 15 is 0 Å². The molecule has 2 aromatic rings. The van der Waals surface area contributed by atoms with Gasteiger partial charge in [-0.15, -0.1) is 0 Å². The van der Waals surface area contributed by atoms with Crippen LogP contribution in [0.15, 0.2) is 36.7 Å². The minimum Gasteiger partial charge on any atom is -0.312 e. The third kappa shape index (κ3) is 3.84. The van der Waals surface area contributed by atoms with E-state index < -0.39 is 0 Å². The lowest BCUT2D eigenvalue weighted by Gasteiger charge is -2.28. The van der Waals surface area contributed by atoms with Crippen LogP contribution in [0.25, 0.3) is 0 Å². The van der Waals surface area contributed by atoms with Gasteiger partial charge in [-0.2, -0.15) is 0 Å². The van der Waals surface area contributed by atoms with Crippen LogP contribution in [-0.2, 0) is 10.8 Å². The average molecular weight is 309 g/mol. The van der Waals surface area contributed by atoms with Gasteiger partial charge in [-0.25, -0.2) is 9.97 Å². The van der Waals surface area contributed by atoms with E-state index in [1.54, 1.807) is 18.5 Å². The molecule has 1 aromatic carbocycles. The number of hydrogen-bond acceptors (Lipinski definition) is 3. The van der Waals surface area contributed by atoms with Gasteiger partial charge < -0.3 is 5.41 Å². The van der Waals surface area contributed by atoms with Gasteiger partial charge in [0.2, 0.25) is 0 Å². The van der Waals surface area contributed by atoms with Gasteiger partial charge in [-0.1, -0.05) is 59.7 Å². The van der Waals surface area contributed by atoms with Crippen molar-refractivity contribution in [3.63, 3.8) is 0 Å². The molecule has 0 saturated heterocycles. The Morgan fingerprint density at radius 3 is 2.04 bits per heavy atom. The van der Waals surface area contributed by atoms with Crippen molar-refractivity contribution in [3.8, 4) is 0 Å². The first-order chi connectivity index (χ1) is 10.6. The van der Waals surface area contributed by atoms with Crippen molar-refractivity contribution < 1.29 is 0 Å². The Kier molecular flexibility index (Phi) is 4.69. The van der Waals surface area contributed by atoms with E-state index in [1.165, 1.54) is 17.3 Å². The number of aromatic nitrogens is 2. The third-order valence-corrected chi connectivity index (χ3v) is 4.09. The highest BCUT2D eigenvalue weighted by atomic mass is 14.9. The lowest BCUT2D eigenvalue weighted by molar-refractivity contribution is 0.569. The molecule has 0 aliphatic carbocycles. The van der Waals surface area contributed by atoms with Gasteiger partial charge in [-0.05, 0) is 33.6 Å². The summed E-state index contributed by atoms with van der Waals surface area (Å²) in [6, 6.07) is 8.44. The van der Waals surface area contributed by atoms with Crippen LogP contribution in [0.1, 0.15) is 70.0 Å². The molecule has 1 unspecified atom stereocenters. The molecule has 1 atom stereocenters. The zero-order chi connectivity index (χ0) is 17.3. The summed E-state index contributed by atoms with van der Waals surface area (Å²) in [6.45, 7) is 13.2. The zero-order valence-electron chi connectivity index (χ0n) is 15.0. The summed E-state index contributed by atoms with van der Waals surface area (Å²) >= 11 is 0. The predicted octanol–water partition coefficient (Wildman–Crippen LogP) is 4.85. The highest BCUT2D eigenvalue weighted by Gasteiger charge is 2.26. The van der Waals surface area contributed by atoms with Gasteiger partial charge in [0, 0.05) is 18.6 Å². The van der Waals surface area contributed by atoms with E-state index in [0.717, 1.165) is 5.56 Å². The monoisotopic (exact) mass is 309 g/mol. The molecule has 0 radical (unpaired) electrons. The van der Waals surface area contributed by atoms with Gasteiger partial charge in [-0.3, -0.25) is 0 Å². The molecule has 0 bridgehead atoms.